The van der Waals surface area contributed by atoms with Gasteiger partial charge in [0.15, 0.2) is 0 Å². The van der Waals surface area contributed by atoms with E-state index in [1.165, 1.54) is 12.8 Å². The van der Waals surface area contributed by atoms with Gasteiger partial charge in [-0.3, -0.25) is 14.7 Å². The van der Waals surface area contributed by atoms with Crippen LogP contribution in [-0.4, -0.2) is 61.2 Å². The minimum Gasteiger partial charge on any atom is -0.382 e. The van der Waals surface area contributed by atoms with Gasteiger partial charge in [-0.15, -0.1) is 0 Å². The Morgan fingerprint density at radius 1 is 1.26 bits per heavy atom. The molecule has 126 valence electrons. The number of morpholine rings is 1. The van der Waals surface area contributed by atoms with Crippen molar-refractivity contribution in [1.82, 2.24) is 15.2 Å². The van der Waals surface area contributed by atoms with Gasteiger partial charge in [0, 0.05) is 44.6 Å². The van der Waals surface area contributed by atoms with Crippen LogP contribution in [0.25, 0.3) is 0 Å². The first-order valence-corrected chi connectivity index (χ1v) is 8.61. The number of ether oxygens (including phenoxy) is 1. The lowest BCUT2D eigenvalue weighted by atomic mass is 10.2. The molecule has 1 saturated heterocycles. The zero-order valence-electron chi connectivity index (χ0n) is 13.6. The van der Waals surface area contributed by atoms with Crippen LogP contribution in [0.2, 0.25) is 0 Å². The molecule has 2 aliphatic rings. The van der Waals surface area contributed by atoms with E-state index < -0.39 is 0 Å². The van der Waals surface area contributed by atoms with Crippen molar-refractivity contribution in [2.75, 3.05) is 44.7 Å². The van der Waals surface area contributed by atoms with Crippen LogP contribution in [0.5, 0.6) is 0 Å². The fourth-order valence-corrected chi connectivity index (χ4v) is 3.18. The van der Waals surface area contributed by atoms with E-state index in [9.17, 15) is 4.79 Å². The number of pyridine rings is 1. The average molecular weight is 318 g/mol. The van der Waals surface area contributed by atoms with Gasteiger partial charge in [0.25, 0.3) is 5.91 Å². The Morgan fingerprint density at radius 3 is 2.83 bits per heavy atom. The second kappa shape index (κ2) is 8.26. The average Bonchev–Trinajstić information content (AvgIpc) is 3.09. The Hall–Kier alpha value is -1.66. The minimum absolute atomic E-state index is 0.0128. The Balaban J connectivity index is 1.47. The van der Waals surface area contributed by atoms with Gasteiger partial charge in [0.1, 0.15) is 0 Å². The van der Waals surface area contributed by atoms with Crippen molar-refractivity contribution in [3.63, 3.8) is 0 Å². The number of carbonyl (C=O) groups excluding carboxylic acids is 1. The first-order chi connectivity index (χ1) is 11.3. The largest absolute Gasteiger partial charge is 0.382 e. The normalized spacial score (nSPS) is 19.7. The topological polar surface area (TPSA) is 66.5 Å². The number of rotatable bonds is 6. The molecular formula is C17H26N4O2. The van der Waals surface area contributed by atoms with E-state index in [0.29, 0.717) is 11.6 Å². The zero-order chi connectivity index (χ0) is 15.9. The van der Waals surface area contributed by atoms with Crippen LogP contribution >= 0.6 is 0 Å². The van der Waals surface area contributed by atoms with Crippen LogP contribution in [0, 0.1) is 0 Å². The highest BCUT2D eigenvalue weighted by Gasteiger charge is 2.18. The fourth-order valence-electron chi connectivity index (χ4n) is 3.18. The first-order valence-electron chi connectivity index (χ1n) is 8.61. The van der Waals surface area contributed by atoms with Crippen molar-refractivity contribution < 1.29 is 9.53 Å². The van der Waals surface area contributed by atoms with Gasteiger partial charge in [-0.2, -0.15) is 0 Å². The van der Waals surface area contributed by atoms with Crippen LogP contribution in [-0.2, 0) is 4.74 Å². The third kappa shape index (κ3) is 4.91. The van der Waals surface area contributed by atoms with Crippen molar-refractivity contribution in [1.29, 1.82) is 0 Å². The lowest BCUT2D eigenvalue weighted by Crippen LogP contribution is -2.39. The van der Waals surface area contributed by atoms with Crippen molar-refractivity contribution in [3.8, 4) is 0 Å². The molecule has 3 rings (SSSR count). The fraction of sp³-hybridized carbons (Fsp3) is 0.647. The van der Waals surface area contributed by atoms with Crippen molar-refractivity contribution >= 4 is 11.6 Å². The molecular weight excluding hydrogens is 292 g/mol. The molecule has 0 aromatic carbocycles. The molecule has 6 nitrogen and oxygen atoms in total. The molecule has 0 bridgehead atoms. The molecule has 1 aliphatic carbocycles. The molecule has 2 heterocycles. The van der Waals surface area contributed by atoms with E-state index in [4.69, 9.17) is 4.74 Å². The molecule has 1 aromatic rings. The Labute approximate surface area is 137 Å². The Morgan fingerprint density at radius 2 is 2.04 bits per heavy atom. The molecule has 0 radical (unpaired) electrons. The summed E-state index contributed by atoms with van der Waals surface area (Å²) < 4.78 is 5.34. The van der Waals surface area contributed by atoms with Gasteiger partial charge in [0.2, 0.25) is 0 Å². The predicted octanol–water partition coefficient (Wildman–Crippen LogP) is 1.50. The number of nitrogens with zero attached hydrogens (tertiary/aromatic N) is 2. The quantitative estimate of drug-likeness (QED) is 0.832. The number of nitrogens with one attached hydrogen (secondary N) is 2. The highest BCUT2D eigenvalue weighted by Crippen LogP contribution is 2.18. The maximum Gasteiger partial charge on any atom is 0.253 e. The summed E-state index contributed by atoms with van der Waals surface area (Å²) in [6.07, 6.45) is 8.02. The van der Waals surface area contributed by atoms with Crippen LogP contribution in [0.1, 0.15) is 36.0 Å². The number of anilines is 1. The summed E-state index contributed by atoms with van der Waals surface area (Å²) in [6.45, 7) is 5.43. The Bertz CT molecular complexity index is 511. The van der Waals surface area contributed by atoms with Gasteiger partial charge in [0.05, 0.1) is 24.5 Å². The number of hydrogen-bond donors (Lipinski definition) is 2. The summed E-state index contributed by atoms with van der Waals surface area (Å²) in [4.78, 5) is 18.8. The summed E-state index contributed by atoms with van der Waals surface area (Å²) in [5, 5.41) is 6.46. The molecule has 0 atom stereocenters. The summed E-state index contributed by atoms with van der Waals surface area (Å²) in [5.41, 5.74) is 1.53. The zero-order valence-corrected chi connectivity index (χ0v) is 13.6. The first kappa shape index (κ1) is 16.2. The Kier molecular flexibility index (Phi) is 5.82. The standard InChI is InChI=1S/C17H26N4O2/c22-17(20-15-3-1-2-4-15)14-11-16(13-18-12-14)19-5-6-21-7-9-23-10-8-21/h11-13,15,19H,1-10H2,(H,20,22). The molecule has 1 amide bonds. The van der Waals surface area contributed by atoms with E-state index in [1.807, 2.05) is 6.07 Å². The third-order valence-corrected chi connectivity index (χ3v) is 4.55. The van der Waals surface area contributed by atoms with Crippen LogP contribution in [0.15, 0.2) is 18.5 Å². The molecule has 1 aromatic heterocycles. The lowest BCUT2D eigenvalue weighted by molar-refractivity contribution is 0.0398. The smallest absolute Gasteiger partial charge is 0.253 e. The van der Waals surface area contributed by atoms with Crippen molar-refractivity contribution in [2.45, 2.75) is 31.7 Å². The highest BCUT2D eigenvalue weighted by molar-refractivity contribution is 5.94. The van der Waals surface area contributed by atoms with E-state index in [-0.39, 0.29) is 5.91 Å². The van der Waals surface area contributed by atoms with Crippen LogP contribution in [0.4, 0.5) is 5.69 Å². The molecule has 0 spiro atoms. The maximum atomic E-state index is 12.3. The minimum atomic E-state index is -0.0128. The van der Waals surface area contributed by atoms with E-state index in [2.05, 4.69) is 20.5 Å². The van der Waals surface area contributed by atoms with Crippen molar-refractivity contribution in [2.24, 2.45) is 0 Å². The van der Waals surface area contributed by atoms with E-state index in [0.717, 1.165) is 57.9 Å². The summed E-state index contributed by atoms with van der Waals surface area (Å²) in [6, 6.07) is 2.22. The molecule has 2 fully saturated rings. The van der Waals surface area contributed by atoms with Gasteiger partial charge in [-0.05, 0) is 18.9 Å². The third-order valence-electron chi connectivity index (χ3n) is 4.55. The number of carbonyl (C=O) groups is 1. The molecule has 1 aliphatic heterocycles. The summed E-state index contributed by atoms with van der Waals surface area (Å²) >= 11 is 0. The molecule has 0 unspecified atom stereocenters. The van der Waals surface area contributed by atoms with E-state index >= 15 is 0 Å². The molecule has 23 heavy (non-hydrogen) atoms. The number of aromatic nitrogens is 1. The monoisotopic (exact) mass is 318 g/mol. The van der Waals surface area contributed by atoms with Gasteiger partial charge >= 0.3 is 0 Å². The number of amides is 1. The lowest BCUT2D eigenvalue weighted by Gasteiger charge is -2.26. The molecule has 1 saturated carbocycles. The second-order valence-electron chi connectivity index (χ2n) is 6.30. The maximum absolute atomic E-state index is 12.3. The SMILES string of the molecule is O=C(NC1CCCC1)c1cncc(NCCN2CCOCC2)c1. The summed E-state index contributed by atoms with van der Waals surface area (Å²) in [7, 11) is 0. The van der Waals surface area contributed by atoms with Gasteiger partial charge < -0.3 is 15.4 Å². The highest BCUT2D eigenvalue weighted by atomic mass is 16.5. The van der Waals surface area contributed by atoms with Crippen LogP contribution in [0.3, 0.4) is 0 Å². The van der Waals surface area contributed by atoms with Gasteiger partial charge in [-0.1, -0.05) is 12.8 Å². The second-order valence-corrected chi connectivity index (χ2v) is 6.30. The van der Waals surface area contributed by atoms with Crippen LogP contribution < -0.4 is 10.6 Å². The van der Waals surface area contributed by atoms with Gasteiger partial charge in [-0.25, -0.2) is 0 Å². The number of hydrogen-bond acceptors (Lipinski definition) is 5. The molecule has 2 N–H and O–H groups in total. The van der Waals surface area contributed by atoms with Crippen molar-refractivity contribution in [3.05, 3.63) is 24.0 Å². The summed E-state index contributed by atoms with van der Waals surface area (Å²) in [5.74, 6) is -0.0128. The predicted molar refractivity (Wildman–Crippen MR) is 89.7 cm³/mol. The van der Waals surface area contributed by atoms with E-state index in [1.54, 1.807) is 12.4 Å². The molecule has 6 heteroatoms.